The molecule has 1 aromatic carbocycles. The summed E-state index contributed by atoms with van der Waals surface area (Å²) in [7, 11) is 2.12. The second-order valence-corrected chi connectivity index (χ2v) is 5.31. The number of nitrogen functional groups attached to an aromatic ring is 1. The summed E-state index contributed by atoms with van der Waals surface area (Å²) in [5.41, 5.74) is 7.63. The third-order valence-corrected chi connectivity index (χ3v) is 4.30. The number of thiazole rings is 1. The van der Waals surface area contributed by atoms with Crippen LogP contribution in [0.4, 0.5) is 10.8 Å². The van der Waals surface area contributed by atoms with Crippen LogP contribution < -0.4 is 10.6 Å². The van der Waals surface area contributed by atoms with Gasteiger partial charge in [0, 0.05) is 18.8 Å². The van der Waals surface area contributed by atoms with E-state index in [0.29, 0.717) is 6.04 Å². The van der Waals surface area contributed by atoms with Crippen LogP contribution in [0.25, 0.3) is 10.2 Å². The van der Waals surface area contributed by atoms with Gasteiger partial charge in [-0.2, -0.15) is 0 Å². The Labute approximate surface area is 106 Å². The van der Waals surface area contributed by atoms with Gasteiger partial charge in [0.05, 0.1) is 10.2 Å². The summed E-state index contributed by atoms with van der Waals surface area (Å²) in [4.78, 5) is 6.94. The third kappa shape index (κ3) is 2.36. The van der Waals surface area contributed by atoms with Crippen molar-refractivity contribution in [3.63, 3.8) is 0 Å². The van der Waals surface area contributed by atoms with Crippen LogP contribution in [0.3, 0.4) is 0 Å². The largest absolute Gasteiger partial charge is 0.399 e. The summed E-state index contributed by atoms with van der Waals surface area (Å²) in [6, 6.07) is 6.46. The van der Waals surface area contributed by atoms with Gasteiger partial charge in [0.1, 0.15) is 0 Å². The predicted molar refractivity (Wildman–Crippen MR) is 76.8 cm³/mol. The summed E-state index contributed by atoms with van der Waals surface area (Å²) < 4.78 is 1.16. The minimum atomic E-state index is 0.563. The molecule has 0 fully saturated rings. The lowest BCUT2D eigenvalue weighted by Crippen LogP contribution is -2.30. The van der Waals surface area contributed by atoms with E-state index in [1.807, 2.05) is 18.2 Å². The van der Waals surface area contributed by atoms with E-state index in [2.05, 4.69) is 30.8 Å². The topological polar surface area (TPSA) is 42.2 Å². The van der Waals surface area contributed by atoms with Crippen molar-refractivity contribution in [2.75, 3.05) is 17.7 Å². The van der Waals surface area contributed by atoms with Gasteiger partial charge in [0.2, 0.25) is 0 Å². The molecule has 0 aliphatic heterocycles. The van der Waals surface area contributed by atoms with Crippen molar-refractivity contribution in [3.05, 3.63) is 18.2 Å². The van der Waals surface area contributed by atoms with E-state index in [1.54, 1.807) is 11.3 Å². The Kier molecular flexibility index (Phi) is 3.52. The summed E-state index contributed by atoms with van der Waals surface area (Å²) in [6.07, 6.45) is 2.29. The second kappa shape index (κ2) is 4.92. The van der Waals surface area contributed by atoms with Crippen molar-refractivity contribution in [1.29, 1.82) is 0 Å². The molecule has 1 heterocycles. The highest BCUT2D eigenvalue weighted by Gasteiger charge is 2.15. The number of rotatable bonds is 4. The molecule has 0 radical (unpaired) electrons. The normalized spacial score (nSPS) is 11.3. The van der Waals surface area contributed by atoms with Gasteiger partial charge in [-0.05, 0) is 31.0 Å². The van der Waals surface area contributed by atoms with Crippen LogP contribution >= 0.6 is 11.3 Å². The Morgan fingerprint density at radius 1 is 1.35 bits per heavy atom. The van der Waals surface area contributed by atoms with E-state index >= 15 is 0 Å². The molecule has 4 heteroatoms. The minimum absolute atomic E-state index is 0.563. The average Bonchev–Trinajstić information content (AvgIpc) is 2.73. The van der Waals surface area contributed by atoms with Gasteiger partial charge in [0.25, 0.3) is 0 Å². The Hall–Kier alpha value is -1.29. The van der Waals surface area contributed by atoms with Crippen LogP contribution in [0.15, 0.2) is 18.2 Å². The number of fused-ring (bicyclic) bond motifs is 1. The molecule has 0 atom stereocenters. The molecule has 0 bridgehead atoms. The number of benzene rings is 1. The van der Waals surface area contributed by atoms with E-state index < -0.39 is 0 Å². The Morgan fingerprint density at radius 3 is 2.71 bits per heavy atom. The number of nitrogens with zero attached hydrogens (tertiary/aromatic N) is 2. The zero-order chi connectivity index (χ0) is 12.4. The number of aromatic nitrogens is 1. The number of hydrogen-bond donors (Lipinski definition) is 1. The Morgan fingerprint density at radius 2 is 2.06 bits per heavy atom. The summed E-state index contributed by atoms with van der Waals surface area (Å²) in [5, 5.41) is 1.08. The molecule has 0 saturated carbocycles. The van der Waals surface area contributed by atoms with E-state index in [0.717, 1.165) is 33.9 Å². The molecule has 0 aliphatic carbocycles. The molecule has 3 nitrogen and oxygen atoms in total. The lowest BCUT2D eigenvalue weighted by molar-refractivity contribution is 0.591. The smallest absolute Gasteiger partial charge is 0.186 e. The van der Waals surface area contributed by atoms with Crippen molar-refractivity contribution < 1.29 is 0 Å². The van der Waals surface area contributed by atoms with Crippen molar-refractivity contribution in [3.8, 4) is 0 Å². The first kappa shape index (κ1) is 12.2. The number of anilines is 2. The summed E-state index contributed by atoms with van der Waals surface area (Å²) in [6.45, 7) is 4.44. The Balaban J connectivity index is 2.35. The molecule has 2 rings (SSSR count). The van der Waals surface area contributed by atoms with Gasteiger partial charge >= 0.3 is 0 Å². The minimum Gasteiger partial charge on any atom is -0.399 e. The van der Waals surface area contributed by atoms with Gasteiger partial charge in [-0.3, -0.25) is 0 Å². The first-order valence-electron chi connectivity index (χ1n) is 6.04. The zero-order valence-electron chi connectivity index (χ0n) is 10.6. The number of hydrogen-bond acceptors (Lipinski definition) is 4. The molecule has 1 aromatic heterocycles. The highest BCUT2D eigenvalue weighted by Crippen LogP contribution is 2.31. The van der Waals surface area contributed by atoms with Gasteiger partial charge in [-0.1, -0.05) is 25.2 Å². The molecule has 0 saturated heterocycles. The first-order valence-corrected chi connectivity index (χ1v) is 6.86. The molecular weight excluding hydrogens is 230 g/mol. The fraction of sp³-hybridized carbons (Fsp3) is 0.462. The summed E-state index contributed by atoms with van der Waals surface area (Å²) in [5.74, 6) is 0. The van der Waals surface area contributed by atoms with Crippen molar-refractivity contribution in [2.45, 2.75) is 32.7 Å². The Bertz CT molecular complexity index is 502. The molecule has 0 amide bonds. The molecule has 0 aliphatic rings. The van der Waals surface area contributed by atoms with Crippen LogP contribution in [0, 0.1) is 0 Å². The van der Waals surface area contributed by atoms with Gasteiger partial charge < -0.3 is 10.6 Å². The van der Waals surface area contributed by atoms with Crippen LogP contribution in [0.2, 0.25) is 0 Å². The SMILES string of the molecule is CCC(CC)N(C)c1nc2ccc(N)cc2s1. The highest BCUT2D eigenvalue weighted by molar-refractivity contribution is 7.22. The molecule has 0 unspecified atom stereocenters. The molecule has 2 N–H and O–H groups in total. The van der Waals surface area contributed by atoms with Gasteiger partial charge in [-0.25, -0.2) is 4.98 Å². The van der Waals surface area contributed by atoms with E-state index in [4.69, 9.17) is 5.73 Å². The number of nitrogens with two attached hydrogens (primary N) is 1. The highest BCUT2D eigenvalue weighted by atomic mass is 32.1. The van der Waals surface area contributed by atoms with Crippen molar-refractivity contribution >= 4 is 32.4 Å². The monoisotopic (exact) mass is 249 g/mol. The maximum absolute atomic E-state index is 5.79. The third-order valence-electron chi connectivity index (χ3n) is 3.19. The van der Waals surface area contributed by atoms with Crippen molar-refractivity contribution in [1.82, 2.24) is 4.98 Å². The molecule has 17 heavy (non-hydrogen) atoms. The molecular formula is C13H19N3S. The molecule has 2 aromatic rings. The van der Waals surface area contributed by atoms with E-state index in [9.17, 15) is 0 Å². The second-order valence-electron chi connectivity index (χ2n) is 4.30. The average molecular weight is 249 g/mol. The quantitative estimate of drug-likeness (QED) is 0.843. The maximum Gasteiger partial charge on any atom is 0.186 e. The fourth-order valence-electron chi connectivity index (χ4n) is 2.07. The van der Waals surface area contributed by atoms with Crippen molar-refractivity contribution in [2.24, 2.45) is 0 Å². The molecule has 0 spiro atoms. The van der Waals surface area contributed by atoms with Crippen LogP contribution in [-0.2, 0) is 0 Å². The lowest BCUT2D eigenvalue weighted by atomic mass is 10.1. The van der Waals surface area contributed by atoms with E-state index in [-0.39, 0.29) is 0 Å². The fourth-order valence-corrected chi connectivity index (χ4v) is 3.12. The first-order chi connectivity index (χ1) is 8.15. The molecule has 92 valence electrons. The maximum atomic E-state index is 5.79. The van der Waals surface area contributed by atoms with E-state index in [1.165, 1.54) is 0 Å². The zero-order valence-corrected chi connectivity index (χ0v) is 11.4. The van der Waals surface area contributed by atoms with Gasteiger partial charge in [-0.15, -0.1) is 0 Å². The predicted octanol–water partition coefficient (Wildman–Crippen LogP) is 3.50. The van der Waals surface area contributed by atoms with Gasteiger partial charge in [0.15, 0.2) is 5.13 Å². The standard InChI is InChI=1S/C13H19N3S/c1-4-10(5-2)16(3)13-15-11-7-6-9(14)8-12(11)17-13/h6-8,10H,4-5,14H2,1-3H3. The van der Waals surface area contributed by atoms with Crippen LogP contribution in [0.5, 0.6) is 0 Å². The lowest BCUT2D eigenvalue weighted by Gasteiger charge is -2.25. The summed E-state index contributed by atoms with van der Waals surface area (Å²) >= 11 is 1.71. The van der Waals surface area contributed by atoms with Crippen LogP contribution in [0.1, 0.15) is 26.7 Å². The van der Waals surface area contributed by atoms with Crippen LogP contribution in [-0.4, -0.2) is 18.1 Å².